The molecule has 2 aliphatic rings. The molecule has 2 heterocycles. The number of ether oxygens (including phenoxy) is 3. The maximum atomic E-state index is 5.98. The highest BCUT2D eigenvalue weighted by Crippen LogP contribution is 2.35. The molecule has 23 heavy (non-hydrogen) atoms. The van der Waals surface area contributed by atoms with Gasteiger partial charge in [-0.05, 0) is 44.6 Å². The standard InChI is InChI=1S/C18H28N2O3/c1-19(7-4-8-20-9-11-22-12-10-20)16-13-15-5-3-6-17(21-2)18(15)23-14-16/h3,5-6,16H,4,7-14H2,1-2H3. The molecule has 0 spiro atoms. The Morgan fingerprint density at radius 1 is 1.30 bits per heavy atom. The first-order chi connectivity index (χ1) is 11.3. The molecule has 0 radical (unpaired) electrons. The Kier molecular flexibility index (Phi) is 5.75. The van der Waals surface area contributed by atoms with Gasteiger partial charge in [-0.1, -0.05) is 12.1 Å². The van der Waals surface area contributed by atoms with Gasteiger partial charge in [-0.2, -0.15) is 0 Å². The molecular formula is C18H28N2O3. The topological polar surface area (TPSA) is 34.2 Å². The van der Waals surface area contributed by atoms with Gasteiger partial charge in [-0.3, -0.25) is 9.80 Å². The maximum absolute atomic E-state index is 5.98. The molecule has 1 atom stereocenters. The van der Waals surface area contributed by atoms with Gasteiger partial charge in [-0.15, -0.1) is 0 Å². The van der Waals surface area contributed by atoms with Crippen molar-refractivity contribution in [3.05, 3.63) is 23.8 Å². The Hall–Kier alpha value is -1.30. The summed E-state index contributed by atoms with van der Waals surface area (Å²) in [7, 11) is 3.90. The molecule has 0 aromatic heterocycles. The Balaban J connectivity index is 1.47. The molecule has 5 nitrogen and oxygen atoms in total. The van der Waals surface area contributed by atoms with E-state index in [1.807, 2.05) is 12.1 Å². The number of methoxy groups -OCH3 is 1. The van der Waals surface area contributed by atoms with Crippen LogP contribution in [0.25, 0.3) is 0 Å². The van der Waals surface area contributed by atoms with Gasteiger partial charge in [0.25, 0.3) is 0 Å². The van der Waals surface area contributed by atoms with Crippen molar-refractivity contribution in [3.8, 4) is 11.5 Å². The maximum Gasteiger partial charge on any atom is 0.164 e. The van der Waals surface area contributed by atoms with Crippen LogP contribution in [0.15, 0.2) is 18.2 Å². The molecule has 0 N–H and O–H groups in total. The van der Waals surface area contributed by atoms with Crippen LogP contribution in [0.2, 0.25) is 0 Å². The number of hydrogen-bond donors (Lipinski definition) is 0. The Morgan fingerprint density at radius 2 is 2.13 bits per heavy atom. The summed E-state index contributed by atoms with van der Waals surface area (Å²) in [6.07, 6.45) is 2.22. The van der Waals surface area contributed by atoms with E-state index >= 15 is 0 Å². The Bertz CT molecular complexity index is 503. The van der Waals surface area contributed by atoms with Crippen LogP contribution in [-0.4, -0.2) is 76.0 Å². The summed E-state index contributed by atoms with van der Waals surface area (Å²) in [5.41, 5.74) is 1.25. The van der Waals surface area contributed by atoms with E-state index in [9.17, 15) is 0 Å². The summed E-state index contributed by atoms with van der Waals surface area (Å²) in [5.74, 6) is 1.77. The van der Waals surface area contributed by atoms with E-state index < -0.39 is 0 Å². The summed E-state index contributed by atoms with van der Waals surface area (Å²) in [4.78, 5) is 4.93. The fourth-order valence-corrected chi connectivity index (χ4v) is 3.37. The minimum Gasteiger partial charge on any atom is -0.493 e. The number of fused-ring (bicyclic) bond motifs is 1. The lowest BCUT2D eigenvalue weighted by atomic mass is 10.0. The zero-order chi connectivity index (χ0) is 16.1. The summed E-state index contributed by atoms with van der Waals surface area (Å²) in [6.45, 7) is 6.90. The average Bonchev–Trinajstić information content (AvgIpc) is 2.61. The lowest BCUT2D eigenvalue weighted by Gasteiger charge is -2.33. The van der Waals surface area contributed by atoms with Gasteiger partial charge in [0.2, 0.25) is 0 Å². The molecule has 1 fully saturated rings. The van der Waals surface area contributed by atoms with E-state index in [0.29, 0.717) is 6.04 Å². The Labute approximate surface area is 139 Å². The largest absolute Gasteiger partial charge is 0.493 e. The van der Waals surface area contributed by atoms with E-state index in [4.69, 9.17) is 14.2 Å². The van der Waals surface area contributed by atoms with Crippen molar-refractivity contribution in [3.63, 3.8) is 0 Å². The van der Waals surface area contributed by atoms with E-state index in [1.165, 1.54) is 12.0 Å². The van der Waals surface area contributed by atoms with Crippen LogP contribution >= 0.6 is 0 Å². The molecule has 1 aromatic rings. The highest BCUT2D eigenvalue weighted by Gasteiger charge is 2.25. The van der Waals surface area contributed by atoms with Crippen LogP contribution < -0.4 is 9.47 Å². The second-order valence-corrected chi connectivity index (χ2v) is 6.41. The second kappa shape index (κ2) is 7.99. The van der Waals surface area contributed by atoms with Crippen molar-refractivity contribution in [1.29, 1.82) is 0 Å². The van der Waals surface area contributed by atoms with Gasteiger partial charge in [0.15, 0.2) is 11.5 Å². The molecule has 0 saturated carbocycles. The van der Waals surface area contributed by atoms with Crippen LogP contribution in [0.1, 0.15) is 12.0 Å². The molecule has 0 aliphatic carbocycles. The van der Waals surface area contributed by atoms with Crippen molar-refractivity contribution in [1.82, 2.24) is 9.80 Å². The van der Waals surface area contributed by atoms with Crippen molar-refractivity contribution in [2.24, 2.45) is 0 Å². The van der Waals surface area contributed by atoms with Gasteiger partial charge in [0, 0.05) is 19.1 Å². The van der Waals surface area contributed by atoms with E-state index in [-0.39, 0.29) is 0 Å². The Morgan fingerprint density at radius 3 is 2.91 bits per heavy atom. The summed E-state index contributed by atoms with van der Waals surface area (Å²) < 4.78 is 16.8. The summed E-state index contributed by atoms with van der Waals surface area (Å²) >= 11 is 0. The number of para-hydroxylation sites is 1. The molecule has 1 saturated heterocycles. The number of likely N-dealkylation sites (N-methyl/N-ethyl adjacent to an activating group) is 1. The van der Waals surface area contributed by atoms with Crippen molar-refractivity contribution in [2.75, 3.05) is 60.2 Å². The zero-order valence-electron chi connectivity index (χ0n) is 14.3. The highest BCUT2D eigenvalue weighted by molar-refractivity contribution is 5.48. The molecule has 5 heteroatoms. The fraction of sp³-hybridized carbons (Fsp3) is 0.667. The van der Waals surface area contributed by atoms with Crippen molar-refractivity contribution >= 4 is 0 Å². The van der Waals surface area contributed by atoms with Crippen LogP contribution in [0.5, 0.6) is 11.5 Å². The van der Waals surface area contributed by atoms with Gasteiger partial charge in [0.05, 0.1) is 20.3 Å². The van der Waals surface area contributed by atoms with Crippen molar-refractivity contribution < 1.29 is 14.2 Å². The molecular weight excluding hydrogens is 292 g/mol. The molecule has 1 unspecified atom stereocenters. The molecule has 0 amide bonds. The number of hydrogen-bond acceptors (Lipinski definition) is 5. The normalized spacial score (nSPS) is 21.8. The third kappa shape index (κ3) is 4.16. The average molecular weight is 320 g/mol. The van der Waals surface area contributed by atoms with Crippen molar-refractivity contribution in [2.45, 2.75) is 18.9 Å². The SMILES string of the molecule is COc1cccc2c1OCC(N(C)CCCN1CCOCC1)C2. The molecule has 3 rings (SSSR count). The minimum atomic E-state index is 0.444. The first-order valence-corrected chi connectivity index (χ1v) is 8.57. The first-order valence-electron chi connectivity index (χ1n) is 8.57. The smallest absolute Gasteiger partial charge is 0.164 e. The molecule has 1 aromatic carbocycles. The minimum absolute atomic E-state index is 0.444. The third-order valence-electron chi connectivity index (χ3n) is 4.87. The molecule has 128 valence electrons. The van der Waals surface area contributed by atoms with Crippen LogP contribution in [0.4, 0.5) is 0 Å². The van der Waals surface area contributed by atoms with Crippen LogP contribution in [0.3, 0.4) is 0 Å². The summed E-state index contributed by atoms with van der Waals surface area (Å²) in [5, 5.41) is 0. The zero-order valence-corrected chi connectivity index (χ0v) is 14.3. The van der Waals surface area contributed by atoms with E-state index in [2.05, 4.69) is 22.9 Å². The predicted octanol–water partition coefficient (Wildman–Crippen LogP) is 1.65. The first kappa shape index (κ1) is 16.6. The van der Waals surface area contributed by atoms with Gasteiger partial charge >= 0.3 is 0 Å². The predicted molar refractivity (Wildman–Crippen MR) is 90.5 cm³/mol. The van der Waals surface area contributed by atoms with Gasteiger partial charge in [-0.25, -0.2) is 0 Å². The second-order valence-electron chi connectivity index (χ2n) is 6.41. The molecule has 2 aliphatic heterocycles. The fourth-order valence-electron chi connectivity index (χ4n) is 3.37. The van der Waals surface area contributed by atoms with Crippen LogP contribution in [0, 0.1) is 0 Å². The number of morpholine rings is 1. The number of benzene rings is 1. The summed E-state index contributed by atoms with van der Waals surface area (Å²) in [6, 6.07) is 6.60. The lowest BCUT2D eigenvalue weighted by Crippen LogP contribution is -2.43. The van der Waals surface area contributed by atoms with Gasteiger partial charge in [0.1, 0.15) is 6.61 Å². The monoisotopic (exact) mass is 320 g/mol. The lowest BCUT2D eigenvalue weighted by molar-refractivity contribution is 0.0352. The van der Waals surface area contributed by atoms with Crippen LogP contribution in [-0.2, 0) is 11.2 Å². The quantitative estimate of drug-likeness (QED) is 0.796. The van der Waals surface area contributed by atoms with E-state index in [0.717, 1.165) is 63.9 Å². The van der Waals surface area contributed by atoms with Gasteiger partial charge < -0.3 is 14.2 Å². The molecule has 0 bridgehead atoms. The van der Waals surface area contributed by atoms with E-state index in [1.54, 1.807) is 7.11 Å². The highest BCUT2D eigenvalue weighted by atomic mass is 16.5. The number of rotatable bonds is 6. The number of nitrogens with zero attached hydrogens (tertiary/aromatic N) is 2. The third-order valence-corrected chi connectivity index (χ3v) is 4.87.